The number of carbonyl (C=O) groups is 3. The van der Waals surface area contributed by atoms with Gasteiger partial charge in [0, 0.05) is 62.2 Å². The van der Waals surface area contributed by atoms with Gasteiger partial charge in [-0.25, -0.2) is 4.79 Å². The number of aliphatic hydroxyl groups excluding tert-OH is 1. The van der Waals surface area contributed by atoms with Crippen LogP contribution in [0.2, 0.25) is 0 Å². The van der Waals surface area contributed by atoms with E-state index in [1.807, 2.05) is 6.07 Å². The highest BCUT2D eigenvalue weighted by Crippen LogP contribution is 2.32. The highest BCUT2D eigenvalue weighted by molar-refractivity contribution is 8.14. The molecule has 2 amide bonds. The second kappa shape index (κ2) is 12.9. The van der Waals surface area contributed by atoms with Crippen LogP contribution in [0.3, 0.4) is 0 Å². The molecule has 2 aliphatic heterocycles. The third-order valence-corrected chi connectivity index (χ3v) is 7.80. The molecular weight excluding hydrogens is 512 g/mol. The van der Waals surface area contributed by atoms with Crippen molar-refractivity contribution in [3.05, 3.63) is 75.8 Å². The van der Waals surface area contributed by atoms with Gasteiger partial charge in [-0.1, -0.05) is 42.1 Å². The standard InChI is InChI=1S/C26H30N4O7S/c31-15-14-27-10-12-28(13-11-27)24(32)23-16-22(38-25(33)20-4-2-1-3-5-20)17-29(23)26(34)37-18-19-6-8-21(9-7-19)30(35)36/h1-9,22-23,31H,10-18H2/t22-,23-/m0/s1. The normalized spacial score (nSPS) is 19.8. The van der Waals surface area contributed by atoms with Crippen molar-refractivity contribution in [3.8, 4) is 0 Å². The van der Waals surface area contributed by atoms with Crippen LogP contribution >= 0.6 is 11.8 Å². The van der Waals surface area contributed by atoms with Gasteiger partial charge in [-0.15, -0.1) is 0 Å². The Morgan fingerprint density at radius 2 is 1.71 bits per heavy atom. The molecule has 12 heteroatoms. The average molecular weight is 543 g/mol. The Labute approximate surface area is 224 Å². The number of piperazine rings is 1. The van der Waals surface area contributed by atoms with E-state index in [1.165, 1.54) is 29.2 Å². The fourth-order valence-corrected chi connectivity index (χ4v) is 5.69. The number of aliphatic hydroxyl groups is 1. The third-order valence-electron chi connectivity index (χ3n) is 6.68. The Morgan fingerprint density at radius 3 is 2.34 bits per heavy atom. The number of non-ortho nitro benzene ring substituents is 1. The quantitative estimate of drug-likeness (QED) is 0.394. The first-order valence-electron chi connectivity index (χ1n) is 12.4. The first kappa shape index (κ1) is 27.6. The van der Waals surface area contributed by atoms with Crippen molar-refractivity contribution in [2.45, 2.75) is 24.3 Å². The number of nitro groups is 1. The van der Waals surface area contributed by atoms with Crippen molar-refractivity contribution in [1.82, 2.24) is 14.7 Å². The maximum absolute atomic E-state index is 13.5. The number of likely N-dealkylation sites (tertiary alicyclic amines) is 1. The van der Waals surface area contributed by atoms with Crippen molar-refractivity contribution in [3.63, 3.8) is 0 Å². The lowest BCUT2D eigenvalue weighted by Gasteiger charge is -2.36. The molecule has 11 nitrogen and oxygen atoms in total. The zero-order chi connectivity index (χ0) is 27.1. The van der Waals surface area contributed by atoms with Crippen LogP contribution in [0.5, 0.6) is 0 Å². The topological polar surface area (TPSA) is 134 Å². The van der Waals surface area contributed by atoms with E-state index in [2.05, 4.69) is 4.90 Å². The summed E-state index contributed by atoms with van der Waals surface area (Å²) in [4.78, 5) is 55.0. The number of amides is 2. The van der Waals surface area contributed by atoms with Crippen LogP contribution in [0.15, 0.2) is 54.6 Å². The van der Waals surface area contributed by atoms with Crippen molar-refractivity contribution < 1.29 is 29.2 Å². The molecule has 2 heterocycles. The number of hydrogen-bond donors (Lipinski definition) is 1. The summed E-state index contributed by atoms with van der Waals surface area (Å²) in [5.74, 6) is -0.184. The van der Waals surface area contributed by atoms with Gasteiger partial charge < -0.3 is 14.7 Å². The Kier molecular flexibility index (Phi) is 9.32. The summed E-state index contributed by atoms with van der Waals surface area (Å²) in [5.41, 5.74) is 1.07. The van der Waals surface area contributed by atoms with Gasteiger partial charge in [0.15, 0.2) is 0 Å². The van der Waals surface area contributed by atoms with E-state index in [0.29, 0.717) is 50.3 Å². The van der Waals surface area contributed by atoms with Gasteiger partial charge in [-0.2, -0.15) is 0 Å². The Hall–Kier alpha value is -3.48. The molecule has 202 valence electrons. The lowest BCUT2D eigenvalue weighted by atomic mass is 10.1. The number of ether oxygens (including phenoxy) is 1. The first-order valence-corrected chi connectivity index (χ1v) is 13.3. The molecule has 4 rings (SSSR count). The van der Waals surface area contributed by atoms with E-state index in [-0.39, 0.29) is 41.7 Å². The number of β-amino-alcohol motifs (C(OH)–C–C–N with tert-alkyl or cyclic N) is 1. The van der Waals surface area contributed by atoms with Crippen molar-refractivity contribution in [2.75, 3.05) is 45.9 Å². The highest BCUT2D eigenvalue weighted by Gasteiger charge is 2.43. The smallest absolute Gasteiger partial charge is 0.410 e. The number of rotatable bonds is 8. The minimum absolute atomic E-state index is 0.0549. The van der Waals surface area contributed by atoms with E-state index < -0.39 is 17.1 Å². The minimum Gasteiger partial charge on any atom is -0.445 e. The summed E-state index contributed by atoms with van der Waals surface area (Å²) in [6.07, 6.45) is -0.346. The zero-order valence-corrected chi connectivity index (χ0v) is 21.6. The summed E-state index contributed by atoms with van der Waals surface area (Å²) >= 11 is 1.12. The largest absolute Gasteiger partial charge is 0.445 e. The number of nitro benzene ring substituents is 1. The van der Waals surface area contributed by atoms with Gasteiger partial charge in [0.05, 0.1) is 11.5 Å². The molecule has 2 atom stereocenters. The first-order chi connectivity index (χ1) is 18.4. The maximum atomic E-state index is 13.5. The van der Waals surface area contributed by atoms with E-state index >= 15 is 0 Å². The van der Waals surface area contributed by atoms with Gasteiger partial charge in [0.25, 0.3) is 5.69 Å². The summed E-state index contributed by atoms with van der Waals surface area (Å²) in [5, 5.41) is 19.6. The van der Waals surface area contributed by atoms with Crippen LogP contribution in [-0.4, -0.2) is 99.0 Å². The molecule has 0 saturated carbocycles. The van der Waals surface area contributed by atoms with Crippen LogP contribution in [0.1, 0.15) is 22.3 Å². The predicted molar refractivity (Wildman–Crippen MR) is 141 cm³/mol. The van der Waals surface area contributed by atoms with E-state index in [4.69, 9.17) is 4.74 Å². The summed E-state index contributed by atoms with van der Waals surface area (Å²) in [6.45, 7) is 2.93. The Morgan fingerprint density at radius 1 is 1.03 bits per heavy atom. The Bertz CT molecular complexity index is 1140. The van der Waals surface area contributed by atoms with Gasteiger partial charge in [-0.05, 0) is 24.1 Å². The average Bonchev–Trinajstić information content (AvgIpc) is 3.36. The molecule has 38 heavy (non-hydrogen) atoms. The molecule has 0 spiro atoms. The van der Waals surface area contributed by atoms with Gasteiger partial charge in [0.1, 0.15) is 12.6 Å². The predicted octanol–water partition coefficient (Wildman–Crippen LogP) is 2.38. The van der Waals surface area contributed by atoms with Crippen LogP contribution in [0.25, 0.3) is 0 Å². The molecule has 2 aliphatic rings. The maximum Gasteiger partial charge on any atom is 0.410 e. The molecule has 0 aliphatic carbocycles. The van der Waals surface area contributed by atoms with Crippen LogP contribution in [0.4, 0.5) is 10.5 Å². The summed E-state index contributed by atoms with van der Waals surface area (Å²) in [6, 6.07) is 13.8. The lowest BCUT2D eigenvalue weighted by Crippen LogP contribution is -2.54. The van der Waals surface area contributed by atoms with Crippen molar-refractivity contribution >= 4 is 34.6 Å². The molecule has 2 saturated heterocycles. The monoisotopic (exact) mass is 542 g/mol. The number of thioether (sulfide) groups is 1. The molecular formula is C26H30N4O7S. The molecule has 0 bridgehead atoms. The fraction of sp³-hybridized carbons (Fsp3) is 0.423. The molecule has 2 fully saturated rings. The van der Waals surface area contributed by atoms with Gasteiger partial charge in [-0.3, -0.25) is 29.5 Å². The number of nitrogens with zero attached hydrogens (tertiary/aromatic N) is 4. The van der Waals surface area contributed by atoms with Crippen LogP contribution < -0.4 is 0 Å². The number of benzene rings is 2. The molecule has 0 unspecified atom stereocenters. The molecule has 1 N–H and O–H groups in total. The lowest BCUT2D eigenvalue weighted by molar-refractivity contribution is -0.384. The second-order valence-electron chi connectivity index (χ2n) is 9.17. The van der Waals surface area contributed by atoms with E-state index in [0.717, 1.165) is 11.8 Å². The summed E-state index contributed by atoms with van der Waals surface area (Å²) in [7, 11) is 0. The highest BCUT2D eigenvalue weighted by atomic mass is 32.2. The second-order valence-corrected chi connectivity index (χ2v) is 10.4. The van der Waals surface area contributed by atoms with Gasteiger partial charge in [0.2, 0.25) is 11.0 Å². The minimum atomic E-state index is -0.759. The third kappa shape index (κ3) is 6.88. The van der Waals surface area contributed by atoms with E-state index in [1.54, 1.807) is 29.2 Å². The number of carbonyl (C=O) groups excluding carboxylic acids is 3. The Balaban J connectivity index is 1.43. The SMILES string of the molecule is O=C(S[C@H]1C[C@@H](C(=O)N2CCN(CCO)CC2)N(C(=O)OCc2ccc([N+](=O)[O-])cc2)C1)c1ccccc1. The fourth-order valence-electron chi connectivity index (χ4n) is 4.60. The van der Waals surface area contributed by atoms with Crippen molar-refractivity contribution in [2.24, 2.45) is 0 Å². The van der Waals surface area contributed by atoms with Crippen molar-refractivity contribution in [1.29, 1.82) is 0 Å². The summed E-state index contributed by atoms with van der Waals surface area (Å²) < 4.78 is 5.48. The molecule has 2 aromatic rings. The molecule has 2 aromatic carbocycles. The van der Waals surface area contributed by atoms with E-state index in [9.17, 15) is 29.6 Å². The molecule has 0 aromatic heterocycles. The number of hydrogen-bond acceptors (Lipinski definition) is 9. The van der Waals surface area contributed by atoms with Crippen LogP contribution in [-0.2, 0) is 16.1 Å². The van der Waals surface area contributed by atoms with Crippen LogP contribution in [0, 0.1) is 10.1 Å². The zero-order valence-electron chi connectivity index (χ0n) is 20.8. The van der Waals surface area contributed by atoms with Gasteiger partial charge >= 0.3 is 6.09 Å². The molecule has 0 radical (unpaired) electrons.